The number of ether oxygens (including phenoxy) is 2. The molecule has 0 saturated carbocycles. The Kier molecular flexibility index (Phi) is 7.31. The topological polar surface area (TPSA) is 46.1 Å². The van der Waals surface area contributed by atoms with Crippen LogP contribution in [0.4, 0.5) is 0 Å². The summed E-state index contributed by atoms with van der Waals surface area (Å²) in [6, 6.07) is 0. The monoisotopic (exact) mass is 329 g/mol. The van der Waals surface area contributed by atoms with Gasteiger partial charge in [-0.25, -0.2) is 0 Å². The van der Waals surface area contributed by atoms with Crippen LogP contribution in [-0.2, 0) is 9.47 Å². The van der Waals surface area contributed by atoms with Gasteiger partial charge in [-0.2, -0.15) is 11.8 Å². The first-order valence-electron chi connectivity index (χ1n) is 8.39. The Balaban J connectivity index is 1.95. The van der Waals surface area contributed by atoms with E-state index < -0.39 is 0 Å². The van der Waals surface area contributed by atoms with Crippen molar-refractivity contribution in [1.82, 2.24) is 10.2 Å². The van der Waals surface area contributed by atoms with Crippen LogP contribution in [0.2, 0.25) is 0 Å². The molecule has 2 aliphatic rings. The maximum absolute atomic E-state index is 5.52. The summed E-state index contributed by atoms with van der Waals surface area (Å²) in [6.07, 6.45) is 5.55. The second-order valence-electron chi connectivity index (χ2n) is 6.28. The SMILES string of the molecule is CCNC(=NCC1(SC)CCOCC1)N(C)CC1CCOC1. The van der Waals surface area contributed by atoms with Gasteiger partial charge >= 0.3 is 0 Å². The van der Waals surface area contributed by atoms with Crippen LogP contribution in [0, 0.1) is 5.92 Å². The van der Waals surface area contributed by atoms with E-state index in [0.717, 1.165) is 71.3 Å². The molecule has 2 saturated heterocycles. The molecule has 2 aliphatic heterocycles. The Morgan fingerprint density at radius 2 is 2.09 bits per heavy atom. The minimum absolute atomic E-state index is 0.246. The Morgan fingerprint density at radius 1 is 1.32 bits per heavy atom. The molecule has 0 radical (unpaired) electrons. The molecule has 2 heterocycles. The van der Waals surface area contributed by atoms with Crippen LogP contribution in [0.25, 0.3) is 0 Å². The Bertz CT molecular complexity index is 353. The van der Waals surface area contributed by atoms with E-state index in [0.29, 0.717) is 5.92 Å². The maximum atomic E-state index is 5.52. The summed E-state index contributed by atoms with van der Waals surface area (Å²) in [4.78, 5) is 7.20. The number of nitrogens with zero attached hydrogens (tertiary/aromatic N) is 2. The van der Waals surface area contributed by atoms with Crippen molar-refractivity contribution < 1.29 is 9.47 Å². The molecule has 0 amide bonds. The largest absolute Gasteiger partial charge is 0.381 e. The fourth-order valence-electron chi connectivity index (χ4n) is 3.06. The summed E-state index contributed by atoms with van der Waals surface area (Å²) in [7, 11) is 2.13. The van der Waals surface area contributed by atoms with E-state index in [1.54, 1.807) is 0 Å². The van der Waals surface area contributed by atoms with E-state index in [1.165, 1.54) is 0 Å². The van der Waals surface area contributed by atoms with Gasteiger partial charge in [0.15, 0.2) is 5.96 Å². The molecule has 1 atom stereocenters. The van der Waals surface area contributed by atoms with E-state index in [9.17, 15) is 0 Å². The first kappa shape index (κ1) is 17.9. The van der Waals surface area contributed by atoms with Gasteiger partial charge in [-0.1, -0.05) is 0 Å². The van der Waals surface area contributed by atoms with E-state index in [4.69, 9.17) is 14.5 Å². The van der Waals surface area contributed by atoms with Crippen LogP contribution in [0.15, 0.2) is 4.99 Å². The maximum Gasteiger partial charge on any atom is 0.193 e. The van der Waals surface area contributed by atoms with Gasteiger partial charge in [0, 0.05) is 50.6 Å². The number of nitrogens with one attached hydrogen (secondary N) is 1. The van der Waals surface area contributed by atoms with Gasteiger partial charge in [-0.05, 0) is 32.4 Å². The number of hydrogen-bond donors (Lipinski definition) is 1. The van der Waals surface area contributed by atoms with Crippen LogP contribution >= 0.6 is 11.8 Å². The lowest BCUT2D eigenvalue weighted by molar-refractivity contribution is 0.0793. The molecule has 2 rings (SSSR count). The van der Waals surface area contributed by atoms with Crippen molar-refractivity contribution in [2.75, 3.05) is 59.4 Å². The minimum atomic E-state index is 0.246. The highest BCUT2D eigenvalue weighted by molar-refractivity contribution is 8.00. The summed E-state index contributed by atoms with van der Waals surface area (Å²) in [5.41, 5.74) is 0. The first-order valence-corrected chi connectivity index (χ1v) is 9.61. The van der Waals surface area contributed by atoms with Gasteiger partial charge in [-0.3, -0.25) is 4.99 Å². The molecule has 1 N–H and O–H groups in total. The van der Waals surface area contributed by atoms with Gasteiger partial charge in [0.05, 0.1) is 13.2 Å². The van der Waals surface area contributed by atoms with Crippen LogP contribution in [-0.4, -0.2) is 75.0 Å². The molecule has 5 nitrogen and oxygen atoms in total. The summed E-state index contributed by atoms with van der Waals surface area (Å²) < 4.78 is 11.2. The fourth-order valence-corrected chi connectivity index (χ4v) is 3.83. The Labute approximate surface area is 139 Å². The zero-order valence-corrected chi connectivity index (χ0v) is 15.1. The molecule has 1 unspecified atom stereocenters. The summed E-state index contributed by atoms with van der Waals surface area (Å²) in [5.74, 6) is 1.65. The molecule has 0 aliphatic carbocycles. The molecule has 6 heteroatoms. The highest BCUT2D eigenvalue weighted by Crippen LogP contribution is 2.34. The van der Waals surface area contributed by atoms with Crippen molar-refractivity contribution in [3.05, 3.63) is 0 Å². The Morgan fingerprint density at radius 3 is 2.68 bits per heavy atom. The number of thioether (sulfide) groups is 1. The highest BCUT2D eigenvalue weighted by Gasteiger charge is 2.32. The van der Waals surface area contributed by atoms with Crippen molar-refractivity contribution in [1.29, 1.82) is 0 Å². The summed E-state index contributed by atoms with van der Waals surface area (Å²) in [6.45, 7) is 8.43. The molecule has 128 valence electrons. The quantitative estimate of drug-likeness (QED) is 0.595. The number of guanidine groups is 1. The smallest absolute Gasteiger partial charge is 0.193 e. The standard InChI is InChI=1S/C16H31N3O2S/c1-4-17-15(19(2)11-14-5-8-21-12-14)18-13-16(22-3)6-9-20-10-7-16/h14H,4-13H2,1-3H3,(H,17,18). The lowest BCUT2D eigenvalue weighted by Crippen LogP contribution is -2.43. The lowest BCUT2D eigenvalue weighted by atomic mass is 9.99. The number of aliphatic imine (C=N–C) groups is 1. The average Bonchev–Trinajstić information content (AvgIpc) is 3.05. The molecule has 0 spiro atoms. The molecule has 0 aromatic heterocycles. The fraction of sp³-hybridized carbons (Fsp3) is 0.938. The van der Waals surface area contributed by atoms with Gasteiger partial charge < -0.3 is 19.7 Å². The minimum Gasteiger partial charge on any atom is -0.381 e. The first-order chi connectivity index (χ1) is 10.7. The normalized spacial score (nSPS) is 25.2. The zero-order valence-electron chi connectivity index (χ0n) is 14.3. The van der Waals surface area contributed by atoms with Crippen LogP contribution < -0.4 is 5.32 Å². The van der Waals surface area contributed by atoms with Crippen molar-refractivity contribution in [3.8, 4) is 0 Å². The third kappa shape index (κ3) is 5.03. The second kappa shape index (κ2) is 8.99. The number of rotatable bonds is 6. The van der Waals surface area contributed by atoms with Crippen molar-refractivity contribution >= 4 is 17.7 Å². The predicted octanol–water partition coefficient (Wildman–Crippen LogP) is 1.83. The van der Waals surface area contributed by atoms with Gasteiger partial charge in [-0.15, -0.1) is 0 Å². The molecule has 0 aromatic rings. The van der Waals surface area contributed by atoms with Crippen molar-refractivity contribution in [2.45, 2.75) is 30.9 Å². The molecule has 0 aromatic carbocycles. The van der Waals surface area contributed by atoms with Crippen LogP contribution in [0.5, 0.6) is 0 Å². The van der Waals surface area contributed by atoms with E-state index in [2.05, 4.69) is 30.4 Å². The van der Waals surface area contributed by atoms with Gasteiger partial charge in [0.25, 0.3) is 0 Å². The van der Waals surface area contributed by atoms with Crippen molar-refractivity contribution in [3.63, 3.8) is 0 Å². The molecule has 22 heavy (non-hydrogen) atoms. The van der Waals surface area contributed by atoms with Crippen LogP contribution in [0.1, 0.15) is 26.2 Å². The van der Waals surface area contributed by atoms with E-state index >= 15 is 0 Å². The summed E-state index contributed by atoms with van der Waals surface area (Å²) >= 11 is 1.94. The molecule has 0 bridgehead atoms. The Hall–Kier alpha value is -0.460. The second-order valence-corrected chi connectivity index (χ2v) is 7.55. The molecular formula is C16H31N3O2S. The van der Waals surface area contributed by atoms with Crippen LogP contribution in [0.3, 0.4) is 0 Å². The van der Waals surface area contributed by atoms with E-state index in [-0.39, 0.29) is 4.75 Å². The number of hydrogen-bond acceptors (Lipinski definition) is 4. The van der Waals surface area contributed by atoms with Crippen molar-refractivity contribution in [2.24, 2.45) is 10.9 Å². The highest BCUT2D eigenvalue weighted by atomic mass is 32.2. The third-order valence-electron chi connectivity index (χ3n) is 4.61. The summed E-state index contributed by atoms with van der Waals surface area (Å²) in [5, 5.41) is 3.43. The predicted molar refractivity (Wildman–Crippen MR) is 93.8 cm³/mol. The lowest BCUT2D eigenvalue weighted by Gasteiger charge is -2.35. The van der Waals surface area contributed by atoms with Gasteiger partial charge in [0.1, 0.15) is 0 Å². The third-order valence-corrected chi connectivity index (χ3v) is 6.01. The molecular weight excluding hydrogens is 298 g/mol. The average molecular weight is 330 g/mol. The molecule has 2 fully saturated rings. The van der Waals surface area contributed by atoms with E-state index in [1.807, 2.05) is 11.8 Å². The zero-order chi connectivity index (χ0) is 15.8. The van der Waals surface area contributed by atoms with Gasteiger partial charge in [0.2, 0.25) is 0 Å².